The summed E-state index contributed by atoms with van der Waals surface area (Å²) >= 11 is 1.58. The maximum atomic E-state index is 10.8. The van der Waals surface area contributed by atoms with Gasteiger partial charge in [-0.2, -0.15) is 5.10 Å². The third-order valence-corrected chi connectivity index (χ3v) is 4.72. The molecule has 0 bridgehead atoms. The Morgan fingerprint density at radius 1 is 1.28 bits per heavy atom. The SMILES string of the molecule is CN1/C(=C/N/N=C/c2cc([N+](=O)[O-])c(O)cc2O)Sc2ccccc21. The number of rotatable bonds is 4. The van der Waals surface area contributed by atoms with Crippen molar-refractivity contribution in [1.82, 2.24) is 5.43 Å². The monoisotopic (exact) mass is 358 g/mol. The average Bonchev–Trinajstić information content (AvgIpc) is 2.89. The van der Waals surface area contributed by atoms with Gasteiger partial charge >= 0.3 is 5.69 Å². The highest BCUT2D eigenvalue weighted by Crippen LogP contribution is 2.44. The fraction of sp³-hybridized carbons (Fsp3) is 0.0625. The number of fused-ring (bicyclic) bond motifs is 1. The van der Waals surface area contributed by atoms with E-state index in [9.17, 15) is 20.3 Å². The number of hydrogen-bond donors (Lipinski definition) is 3. The van der Waals surface area contributed by atoms with Crippen LogP contribution in [0.3, 0.4) is 0 Å². The average molecular weight is 358 g/mol. The summed E-state index contributed by atoms with van der Waals surface area (Å²) in [5, 5.41) is 34.9. The molecule has 1 aliphatic rings. The number of nitro groups is 1. The summed E-state index contributed by atoms with van der Waals surface area (Å²) in [4.78, 5) is 13.2. The molecule has 0 saturated carbocycles. The number of phenolic OH excluding ortho intramolecular Hbond substituents is 2. The summed E-state index contributed by atoms with van der Waals surface area (Å²) in [6.07, 6.45) is 2.93. The number of phenols is 2. The van der Waals surface area contributed by atoms with Gasteiger partial charge in [0.15, 0.2) is 5.75 Å². The number of hydrazone groups is 1. The Bertz CT molecular complexity index is 898. The first-order chi connectivity index (χ1) is 12.0. The molecule has 0 radical (unpaired) electrons. The van der Waals surface area contributed by atoms with Crippen molar-refractivity contribution in [2.24, 2.45) is 5.10 Å². The predicted molar refractivity (Wildman–Crippen MR) is 95.9 cm³/mol. The minimum absolute atomic E-state index is 0.117. The van der Waals surface area contributed by atoms with Crippen LogP contribution < -0.4 is 10.3 Å². The summed E-state index contributed by atoms with van der Waals surface area (Å²) in [6.45, 7) is 0. The Kier molecular flexibility index (Phi) is 4.48. The van der Waals surface area contributed by atoms with Gasteiger partial charge in [0.1, 0.15) is 5.75 Å². The zero-order valence-electron chi connectivity index (χ0n) is 13.1. The first-order valence-electron chi connectivity index (χ1n) is 7.17. The number of hydrogen-bond acceptors (Lipinski definition) is 8. The van der Waals surface area contributed by atoms with Crippen molar-refractivity contribution in [3.8, 4) is 11.5 Å². The van der Waals surface area contributed by atoms with E-state index in [1.807, 2.05) is 36.2 Å². The minimum Gasteiger partial charge on any atom is -0.507 e. The van der Waals surface area contributed by atoms with Crippen LogP contribution in [0.5, 0.6) is 11.5 Å². The standard InChI is InChI=1S/C16H14N4O4S/c1-19-11-4-2-3-5-15(11)25-16(19)9-18-17-8-10-6-12(20(23)24)14(22)7-13(10)21/h2-9,18,21-22H,1H3/b16-9-,17-8+. The van der Waals surface area contributed by atoms with E-state index in [4.69, 9.17) is 0 Å². The van der Waals surface area contributed by atoms with E-state index in [2.05, 4.69) is 10.5 Å². The maximum absolute atomic E-state index is 10.8. The lowest BCUT2D eigenvalue weighted by Gasteiger charge is -2.12. The minimum atomic E-state index is -0.733. The summed E-state index contributed by atoms with van der Waals surface area (Å²) in [7, 11) is 1.94. The van der Waals surface area contributed by atoms with E-state index in [1.54, 1.807) is 18.0 Å². The number of benzene rings is 2. The quantitative estimate of drug-likeness (QED) is 0.438. The third-order valence-electron chi connectivity index (χ3n) is 3.56. The number of thioether (sulfide) groups is 1. The molecule has 0 aliphatic carbocycles. The zero-order valence-corrected chi connectivity index (χ0v) is 13.9. The molecule has 0 atom stereocenters. The first kappa shape index (κ1) is 16.7. The van der Waals surface area contributed by atoms with Crippen molar-refractivity contribution >= 4 is 29.4 Å². The lowest BCUT2D eigenvalue weighted by molar-refractivity contribution is -0.385. The molecule has 128 valence electrons. The smallest absolute Gasteiger partial charge is 0.311 e. The molecule has 1 heterocycles. The first-order valence-corrected chi connectivity index (χ1v) is 7.99. The molecule has 0 fully saturated rings. The van der Waals surface area contributed by atoms with Crippen LogP contribution in [0, 0.1) is 10.1 Å². The molecule has 3 N–H and O–H groups in total. The Balaban J connectivity index is 1.73. The van der Waals surface area contributed by atoms with Crippen molar-refractivity contribution < 1.29 is 15.1 Å². The highest BCUT2D eigenvalue weighted by Gasteiger charge is 2.21. The molecule has 2 aromatic carbocycles. The number of nitro benzene ring substituents is 1. The topological polar surface area (TPSA) is 111 Å². The highest BCUT2D eigenvalue weighted by molar-refractivity contribution is 8.03. The van der Waals surface area contributed by atoms with E-state index in [0.29, 0.717) is 0 Å². The molecule has 0 amide bonds. The highest BCUT2D eigenvalue weighted by atomic mass is 32.2. The van der Waals surface area contributed by atoms with Crippen LogP contribution in [0.2, 0.25) is 0 Å². The second-order valence-electron chi connectivity index (χ2n) is 5.16. The van der Waals surface area contributed by atoms with Crippen LogP contribution >= 0.6 is 11.8 Å². The summed E-state index contributed by atoms with van der Waals surface area (Å²) in [5.41, 5.74) is 3.44. The van der Waals surface area contributed by atoms with E-state index >= 15 is 0 Å². The van der Waals surface area contributed by atoms with Crippen molar-refractivity contribution in [2.45, 2.75) is 4.90 Å². The van der Waals surface area contributed by atoms with Gasteiger partial charge < -0.3 is 15.1 Å². The lowest BCUT2D eigenvalue weighted by atomic mass is 10.2. The Hall–Kier alpha value is -3.20. The second kappa shape index (κ2) is 6.73. The fourth-order valence-corrected chi connectivity index (χ4v) is 3.31. The summed E-state index contributed by atoms with van der Waals surface area (Å²) in [5.74, 6) is -0.905. The Labute approximate surface area is 147 Å². The lowest BCUT2D eigenvalue weighted by Crippen LogP contribution is -2.11. The summed E-state index contributed by atoms with van der Waals surface area (Å²) < 4.78 is 0. The number of anilines is 1. The van der Waals surface area contributed by atoms with Crippen molar-refractivity contribution in [1.29, 1.82) is 0 Å². The van der Waals surface area contributed by atoms with Gasteiger partial charge in [-0.05, 0) is 12.1 Å². The predicted octanol–water partition coefficient (Wildman–Crippen LogP) is 2.97. The van der Waals surface area contributed by atoms with E-state index < -0.39 is 16.4 Å². The van der Waals surface area contributed by atoms with Gasteiger partial charge in [-0.25, -0.2) is 0 Å². The Morgan fingerprint density at radius 2 is 2.04 bits per heavy atom. The normalized spacial score (nSPS) is 14.9. The number of aromatic hydroxyl groups is 2. The molecule has 0 unspecified atom stereocenters. The van der Waals surface area contributed by atoms with Gasteiger partial charge in [-0.15, -0.1) is 0 Å². The maximum Gasteiger partial charge on any atom is 0.311 e. The molecule has 1 aliphatic heterocycles. The number of nitrogens with one attached hydrogen (secondary N) is 1. The van der Waals surface area contributed by atoms with E-state index in [0.717, 1.165) is 27.7 Å². The van der Waals surface area contributed by atoms with Crippen LogP contribution in [0.25, 0.3) is 0 Å². The van der Waals surface area contributed by atoms with Crippen LogP contribution in [-0.4, -0.2) is 28.4 Å². The van der Waals surface area contributed by atoms with E-state index in [1.165, 1.54) is 6.21 Å². The van der Waals surface area contributed by atoms with Crippen LogP contribution in [0.15, 0.2) is 57.6 Å². The van der Waals surface area contributed by atoms with Gasteiger partial charge in [-0.3, -0.25) is 15.5 Å². The molecule has 3 rings (SSSR count). The molecule has 25 heavy (non-hydrogen) atoms. The molecule has 0 saturated heterocycles. The van der Waals surface area contributed by atoms with Crippen molar-refractivity contribution in [3.05, 3.63) is 63.3 Å². The zero-order chi connectivity index (χ0) is 18.0. The fourth-order valence-electron chi connectivity index (χ4n) is 2.28. The molecule has 8 nitrogen and oxygen atoms in total. The molecular formula is C16H14N4O4S. The van der Waals surface area contributed by atoms with E-state index in [-0.39, 0.29) is 11.3 Å². The largest absolute Gasteiger partial charge is 0.507 e. The molecular weight excluding hydrogens is 344 g/mol. The Morgan fingerprint density at radius 3 is 2.76 bits per heavy atom. The van der Waals surface area contributed by atoms with Crippen LogP contribution in [-0.2, 0) is 0 Å². The van der Waals surface area contributed by atoms with Crippen molar-refractivity contribution in [2.75, 3.05) is 11.9 Å². The molecule has 2 aromatic rings. The van der Waals surface area contributed by atoms with Crippen LogP contribution in [0.1, 0.15) is 5.56 Å². The number of para-hydroxylation sites is 1. The van der Waals surface area contributed by atoms with Gasteiger partial charge in [0, 0.05) is 29.6 Å². The van der Waals surface area contributed by atoms with Gasteiger partial charge in [0.05, 0.1) is 28.1 Å². The third kappa shape index (κ3) is 3.36. The molecule has 0 spiro atoms. The molecule has 9 heteroatoms. The second-order valence-corrected chi connectivity index (χ2v) is 6.22. The van der Waals surface area contributed by atoms with Gasteiger partial charge in [0.2, 0.25) is 0 Å². The van der Waals surface area contributed by atoms with Gasteiger partial charge in [-0.1, -0.05) is 23.9 Å². The van der Waals surface area contributed by atoms with Gasteiger partial charge in [0.25, 0.3) is 0 Å². The van der Waals surface area contributed by atoms with Crippen molar-refractivity contribution in [3.63, 3.8) is 0 Å². The van der Waals surface area contributed by atoms with Crippen LogP contribution in [0.4, 0.5) is 11.4 Å². The molecule has 0 aromatic heterocycles. The summed E-state index contributed by atoms with van der Waals surface area (Å²) in [6, 6.07) is 9.93. The number of nitrogens with zero attached hydrogens (tertiary/aromatic N) is 3.